The maximum Gasteiger partial charge on any atom is 0.229 e. The summed E-state index contributed by atoms with van der Waals surface area (Å²) in [6.45, 7) is 1.77. The van der Waals surface area contributed by atoms with Crippen molar-refractivity contribution < 1.29 is 9.90 Å². The first-order chi connectivity index (χ1) is 9.99. The van der Waals surface area contributed by atoms with Gasteiger partial charge in [0.05, 0.1) is 11.6 Å². The summed E-state index contributed by atoms with van der Waals surface area (Å²) in [4.78, 5) is 12.3. The predicted octanol–water partition coefficient (Wildman–Crippen LogP) is 3.43. The highest BCUT2D eigenvalue weighted by atomic mass is 79.9. The third kappa shape index (κ3) is 3.83. The van der Waals surface area contributed by atoms with E-state index in [9.17, 15) is 9.90 Å². The lowest BCUT2D eigenvalue weighted by molar-refractivity contribution is -0.120. The van der Waals surface area contributed by atoms with Crippen molar-refractivity contribution in [1.29, 1.82) is 0 Å². The summed E-state index contributed by atoms with van der Waals surface area (Å²) in [7, 11) is 0. The van der Waals surface area contributed by atoms with Crippen LogP contribution in [0.2, 0.25) is 0 Å². The lowest BCUT2D eigenvalue weighted by Crippen LogP contribution is -2.30. The highest BCUT2D eigenvalue weighted by molar-refractivity contribution is 9.10. The summed E-state index contributed by atoms with van der Waals surface area (Å²) < 4.78 is 0.774. The summed E-state index contributed by atoms with van der Waals surface area (Å²) in [5, 5.41) is 12.5. The monoisotopic (exact) mass is 348 g/mol. The summed E-state index contributed by atoms with van der Waals surface area (Å²) in [5.41, 5.74) is 7.39. The molecule has 0 aliphatic heterocycles. The zero-order chi connectivity index (χ0) is 15.4. The Labute approximate surface area is 132 Å². The average Bonchev–Trinajstić information content (AvgIpc) is 2.50. The fourth-order valence-corrected chi connectivity index (χ4v) is 2.34. The first-order valence-corrected chi connectivity index (χ1v) is 7.38. The molecule has 0 radical (unpaired) electrons. The van der Waals surface area contributed by atoms with E-state index in [1.165, 1.54) is 6.07 Å². The molecule has 4 N–H and O–H groups in total. The van der Waals surface area contributed by atoms with Crippen LogP contribution >= 0.6 is 15.9 Å². The number of nitrogens with two attached hydrogens (primary N) is 1. The number of amides is 1. The molecule has 2 atom stereocenters. The van der Waals surface area contributed by atoms with Crippen LogP contribution in [0.3, 0.4) is 0 Å². The number of phenols is 1. The van der Waals surface area contributed by atoms with E-state index in [1.807, 2.05) is 30.3 Å². The number of carbonyl (C=O) groups excluding carboxylic acids is 1. The van der Waals surface area contributed by atoms with Crippen molar-refractivity contribution in [3.63, 3.8) is 0 Å². The summed E-state index contributed by atoms with van der Waals surface area (Å²) in [5.74, 6) is -0.641. The molecule has 21 heavy (non-hydrogen) atoms. The van der Waals surface area contributed by atoms with E-state index in [0.717, 1.165) is 10.0 Å². The molecule has 0 spiro atoms. The second-order valence-electron chi connectivity index (χ2n) is 4.88. The minimum atomic E-state index is -0.425. The van der Waals surface area contributed by atoms with Crippen molar-refractivity contribution in [3.05, 3.63) is 58.6 Å². The zero-order valence-electron chi connectivity index (χ0n) is 11.6. The van der Waals surface area contributed by atoms with Crippen LogP contribution in [-0.2, 0) is 4.79 Å². The van der Waals surface area contributed by atoms with E-state index in [2.05, 4.69) is 21.2 Å². The van der Waals surface area contributed by atoms with E-state index in [1.54, 1.807) is 19.1 Å². The number of phenolic OH excluding ortho intramolecular Hbond substituents is 1. The Morgan fingerprint density at radius 2 is 1.90 bits per heavy atom. The van der Waals surface area contributed by atoms with Gasteiger partial charge in [0.15, 0.2) is 0 Å². The van der Waals surface area contributed by atoms with Crippen molar-refractivity contribution in [1.82, 2.24) is 0 Å². The molecule has 0 saturated carbocycles. The van der Waals surface area contributed by atoms with Crippen molar-refractivity contribution in [2.24, 2.45) is 11.7 Å². The van der Waals surface area contributed by atoms with Gasteiger partial charge in [0.25, 0.3) is 0 Å². The van der Waals surface area contributed by atoms with Gasteiger partial charge >= 0.3 is 0 Å². The first kappa shape index (κ1) is 15.5. The van der Waals surface area contributed by atoms with Crippen LogP contribution in [0, 0.1) is 5.92 Å². The van der Waals surface area contributed by atoms with Crippen molar-refractivity contribution in [2.75, 3.05) is 5.32 Å². The molecule has 2 rings (SSSR count). The molecule has 0 aliphatic carbocycles. The Morgan fingerprint density at radius 3 is 2.57 bits per heavy atom. The maximum absolute atomic E-state index is 12.3. The molecule has 110 valence electrons. The number of carbonyl (C=O) groups is 1. The van der Waals surface area contributed by atoms with Gasteiger partial charge in [-0.3, -0.25) is 4.79 Å². The number of halogens is 1. The van der Waals surface area contributed by atoms with Gasteiger partial charge in [-0.25, -0.2) is 0 Å². The van der Waals surface area contributed by atoms with E-state index in [0.29, 0.717) is 5.69 Å². The quantitative estimate of drug-likeness (QED) is 0.741. The third-order valence-corrected chi connectivity index (χ3v) is 3.85. The largest absolute Gasteiger partial charge is 0.506 e. The number of hydrogen-bond donors (Lipinski definition) is 3. The van der Waals surface area contributed by atoms with Gasteiger partial charge in [0, 0.05) is 10.5 Å². The molecule has 2 aromatic rings. The maximum atomic E-state index is 12.3. The minimum Gasteiger partial charge on any atom is -0.506 e. The van der Waals surface area contributed by atoms with E-state index in [4.69, 9.17) is 5.73 Å². The molecule has 4 nitrogen and oxygen atoms in total. The predicted molar refractivity (Wildman–Crippen MR) is 87.0 cm³/mol. The molecular weight excluding hydrogens is 332 g/mol. The number of benzene rings is 2. The third-order valence-electron chi connectivity index (χ3n) is 3.35. The number of aromatic hydroxyl groups is 1. The van der Waals surface area contributed by atoms with Crippen LogP contribution in [0.1, 0.15) is 18.5 Å². The zero-order valence-corrected chi connectivity index (χ0v) is 13.2. The van der Waals surface area contributed by atoms with Gasteiger partial charge in [-0.15, -0.1) is 0 Å². The van der Waals surface area contributed by atoms with Gasteiger partial charge in [-0.05, 0) is 23.8 Å². The van der Waals surface area contributed by atoms with Crippen LogP contribution in [0.15, 0.2) is 53.0 Å². The molecule has 0 bridgehead atoms. The molecule has 0 aliphatic rings. The normalized spacial score (nSPS) is 13.5. The molecule has 0 aromatic heterocycles. The standard InChI is InChI=1S/C16H17BrN2O2/c1-10(15(18)11-5-3-2-4-6-11)16(21)19-13-9-12(17)7-8-14(13)20/h2-10,15,20H,18H2,1H3,(H,19,21). The number of nitrogens with one attached hydrogen (secondary N) is 1. The molecule has 2 unspecified atom stereocenters. The molecule has 0 fully saturated rings. The van der Waals surface area contributed by atoms with Crippen LogP contribution in [0.5, 0.6) is 5.75 Å². The SMILES string of the molecule is CC(C(=O)Nc1cc(Br)ccc1O)C(N)c1ccccc1. The fraction of sp³-hybridized carbons (Fsp3) is 0.188. The summed E-state index contributed by atoms with van der Waals surface area (Å²) in [6, 6.07) is 13.9. The van der Waals surface area contributed by atoms with Crippen molar-refractivity contribution in [3.8, 4) is 5.75 Å². The molecule has 1 amide bonds. The fourth-order valence-electron chi connectivity index (χ4n) is 1.98. The van der Waals surface area contributed by atoms with Crippen molar-refractivity contribution in [2.45, 2.75) is 13.0 Å². The van der Waals surface area contributed by atoms with Crippen LogP contribution in [0.25, 0.3) is 0 Å². The average molecular weight is 349 g/mol. The number of hydrogen-bond acceptors (Lipinski definition) is 3. The Kier molecular flexibility index (Phi) is 4.98. The van der Waals surface area contributed by atoms with E-state index in [-0.39, 0.29) is 11.7 Å². The minimum absolute atomic E-state index is 0.0204. The topological polar surface area (TPSA) is 75.3 Å². The Hall–Kier alpha value is -1.85. The van der Waals surface area contributed by atoms with Crippen LogP contribution in [-0.4, -0.2) is 11.0 Å². The highest BCUT2D eigenvalue weighted by Gasteiger charge is 2.22. The van der Waals surface area contributed by atoms with Gasteiger partial charge < -0.3 is 16.2 Å². The smallest absolute Gasteiger partial charge is 0.229 e. The van der Waals surface area contributed by atoms with Crippen molar-refractivity contribution >= 4 is 27.5 Å². The lowest BCUT2D eigenvalue weighted by Gasteiger charge is -2.20. The van der Waals surface area contributed by atoms with Gasteiger partial charge in [-0.2, -0.15) is 0 Å². The van der Waals surface area contributed by atoms with E-state index >= 15 is 0 Å². The molecule has 0 heterocycles. The van der Waals surface area contributed by atoms with Gasteiger partial charge in [0.2, 0.25) is 5.91 Å². The Morgan fingerprint density at radius 1 is 1.24 bits per heavy atom. The molecule has 0 saturated heterocycles. The molecule has 2 aromatic carbocycles. The molecular formula is C16H17BrN2O2. The second-order valence-corrected chi connectivity index (χ2v) is 5.79. The second kappa shape index (κ2) is 6.74. The van der Waals surface area contributed by atoms with Crippen LogP contribution in [0.4, 0.5) is 5.69 Å². The van der Waals surface area contributed by atoms with Gasteiger partial charge in [0.1, 0.15) is 5.75 Å². The van der Waals surface area contributed by atoms with Crippen LogP contribution < -0.4 is 11.1 Å². The first-order valence-electron chi connectivity index (χ1n) is 6.59. The Balaban J connectivity index is 2.11. The molecule has 5 heteroatoms. The lowest BCUT2D eigenvalue weighted by atomic mass is 9.94. The van der Waals surface area contributed by atoms with Gasteiger partial charge in [-0.1, -0.05) is 53.2 Å². The Bertz CT molecular complexity index is 631. The summed E-state index contributed by atoms with van der Waals surface area (Å²) >= 11 is 3.30. The highest BCUT2D eigenvalue weighted by Crippen LogP contribution is 2.28. The van der Waals surface area contributed by atoms with E-state index < -0.39 is 12.0 Å². The number of rotatable bonds is 4. The number of anilines is 1. The summed E-state index contributed by atoms with van der Waals surface area (Å²) in [6.07, 6.45) is 0.